The summed E-state index contributed by atoms with van der Waals surface area (Å²) in [6.07, 6.45) is 0.541. The van der Waals surface area contributed by atoms with Crippen molar-refractivity contribution in [2.24, 2.45) is 0 Å². The zero-order valence-corrected chi connectivity index (χ0v) is 8.95. The summed E-state index contributed by atoms with van der Waals surface area (Å²) in [4.78, 5) is 21.8. The number of aliphatic hydroxyl groups is 1. The van der Waals surface area contributed by atoms with E-state index >= 15 is 0 Å². The van der Waals surface area contributed by atoms with E-state index in [9.17, 15) is 19.1 Å². The molecule has 16 heavy (non-hydrogen) atoms. The van der Waals surface area contributed by atoms with Crippen LogP contribution in [0.2, 0.25) is 0 Å². The van der Waals surface area contributed by atoms with Crippen molar-refractivity contribution in [1.29, 1.82) is 0 Å². The Morgan fingerprint density at radius 1 is 1.50 bits per heavy atom. The van der Waals surface area contributed by atoms with Crippen molar-refractivity contribution >= 4 is 17.9 Å². The van der Waals surface area contributed by atoms with Crippen LogP contribution < -0.4 is 5.32 Å². The van der Waals surface area contributed by atoms with Gasteiger partial charge in [0, 0.05) is 5.56 Å². The number of hydrogen-bond acceptors (Lipinski definition) is 3. The summed E-state index contributed by atoms with van der Waals surface area (Å²) in [6, 6.07) is 3.57. The normalized spacial score (nSPS) is 11.0. The number of hydrogen-bond donors (Lipinski definition) is 2. The van der Waals surface area contributed by atoms with Crippen LogP contribution >= 0.6 is 0 Å². The van der Waals surface area contributed by atoms with Crippen molar-refractivity contribution in [3.63, 3.8) is 0 Å². The number of benzene rings is 1. The number of aldehydes is 1. The van der Waals surface area contributed by atoms with Crippen LogP contribution in [-0.2, 0) is 4.79 Å². The highest BCUT2D eigenvalue weighted by Gasteiger charge is 2.24. The standard InChI is InChI=1S/C11H12FNO3/c1-11(2,16)10(15)13-9-5-7(6-14)3-4-8(9)12/h3-6,16H,1-2H3,(H,13,15). The maximum atomic E-state index is 13.2. The minimum atomic E-state index is -1.61. The largest absolute Gasteiger partial charge is 0.381 e. The van der Waals surface area contributed by atoms with Crippen LogP contribution in [0.4, 0.5) is 10.1 Å². The van der Waals surface area contributed by atoms with Gasteiger partial charge in [-0.25, -0.2) is 4.39 Å². The fourth-order valence-corrected chi connectivity index (χ4v) is 0.987. The summed E-state index contributed by atoms with van der Waals surface area (Å²) in [6.45, 7) is 2.56. The summed E-state index contributed by atoms with van der Waals surface area (Å²) < 4.78 is 13.2. The monoisotopic (exact) mass is 225 g/mol. The second-order valence-corrected chi connectivity index (χ2v) is 3.87. The van der Waals surface area contributed by atoms with Crippen LogP contribution in [0.5, 0.6) is 0 Å². The maximum Gasteiger partial charge on any atom is 0.255 e. The number of halogens is 1. The third-order valence-electron chi connectivity index (χ3n) is 1.93. The molecule has 86 valence electrons. The molecule has 1 amide bonds. The van der Waals surface area contributed by atoms with Crippen molar-refractivity contribution in [2.75, 3.05) is 5.32 Å². The van der Waals surface area contributed by atoms with E-state index in [1.54, 1.807) is 0 Å². The molecule has 0 radical (unpaired) electrons. The molecule has 0 fully saturated rings. The zero-order chi connectivity index (χ0) is 12.3. The smallest absolute Gasteiger partial charge is 0.255 e. The first-order chi connectivity index (χ1) is 7.34. The van der Waals surface area contributed by atoms with E-state index in [4.69, 9.17) is 0 Å². The molecule has 0 aliphatic rings. The van der Waals surface area contributed by atoms with Gasteiger partial charge in [-0.15, -0.1) is 0 Å². The molecule has 1 aromatic carbocycles. The molecule has 4 nitrogen and oxygen atoms in total. The highest BCUT2D eigenvalue weighted by atomic mass is 19.1. The van der Waals surface area contributed by atoms with Crippen molar-refractivity contribution in [2.45, 2.75) is 19.4 Å². The number of carbonyl (C=O) groups excluding carboxylic acids is 2. The summed E-state index contributed by atoms with van der Waals surface area (Å²) in [5, 5.41) is 11.6. The molecule has 0 bridgehead atoms. The predicted molar refractivity (Wildman–Crippen MR) is 56.7 cm³/mol. The minimum absolute atomic E-state index is 0.128. The Kier molecular flexibility index (Phi) is 3.39. The zero-order valence-electron chi connectivity index (χ0n) is 8.95. The Balaban J connectivity index is 2.97. The molecule has 0 aliphatic heterocycles. The average molecular weight is 225 g/mol. The van der Waals surface area contributed by atoms with E-state index in [1.807, 2.05) is 0 Å². The highest BCUT2D eigenvalue weighted by Crippen LogP contribution is 2.17. The van der Waals surface area contributed by atoms with Crippen molar-refractivity contribution in [1.82, 2.24) is 0 Å². The Bertz CT molecular complexity index is 424. The van der Waals surface area contributed by atoms with Gasteiger partial charge in [0.15, 0.2) is 0 Å². The van der Waals surface area contributed by atoms with Gasteiger partial charge in [0.1, 0.15) is 17.7 Å². The molecule has 0 atom stereocenters. The van der Waals surface area contributed by atoms with Gasteiger partial charge >= 0.3 is 0 Å². The van der Waals surface area contributed by atoms with Crippen molar-refractivity contribution < 1.29 is 19.1 Å². The minimum Gasteiger partial charge on any atom is -0.381 e. The van der Waals surface area contributed by atoms with E-state index in [0.717, 1.165) is 6.07 Å². The highest BCUT2D eigenvalue weighted by molar-refractivity contribution is 5.97. The third-order valence-corrected chi connectivity index (χ3v) is 1.93. The van der Waals surface area contributed by atoms with E-state index < -0.39 is 17.3 Å². The van der Waals surface area contributed by atoms with Crippen LogP contribution in [0.15, 0.2) is 18.2 Å². The van der Waals surface area contributed by atoms with Crippen LogP contribution in [0, 0.1) is 5.82 Å². The summed E-state index contributed by atoms with van der Waals surface area (Å²) in [5.41, 5.74) is -1.49. The molecular weight excluding hydrogens is 213 g/mol. The van der Waals surface area contributed by atoms with E-state index in [0.29, 0.717) is 6.29 Å². The summed E-state index contributed by atoms with van der Waals surface area (Å²) >= 11 is 0. The van der Waals surface area contributed by atoms with Crippen LogP contribution in [0.1, 0.15) is 24.2 Å². The topological polar surface area (TPSA) is 66.4 Å². The Labute approximate surface area is 92.1 Å². The van der Waals surface area contributed by atoms with Crippen molar-refractivity contribution in [3.8, 4) is 0 Å². The van der Waals surface area contributed by atoms with E-state index in [1.165, 1.54) is 26.0 Å². The third kappa shape index (κ3) is 2.87. The molecule has 0 heterocycles. The Morgan fingerprint density at radius 2 is 2.12 bits per heavy atom. The van der Waals surface area contributed by atoms with E-state index in [-0.39, 0.29) is 11.3 Å². The quantitative estimate of drug-likeness (QED) is 0.763. The Morgan fingerprint density at radius 3 is 2.62 bits per heavy atom. The van der Waals surface area contributed by atoms with Gasteiger partial charge < -0.3 is 10.4 Å². The van der Waals surface area contributed by atoms with Gasteiger partial charge in [-0.2, -0.15) is 0 Å². The molecule has 0 spiro atoms. The number of carbonyl (C=O) groups is 2. The lowest BCUT2D eigenvalue weighted by Gasteiger charge is -2.16. The SMILES string of the molecule is CC(C)(O)C(=O)Nc1cc(C=O)ccc1F. The molecule has 0 aliphatic carbocycles. The predicted octanol–water partition coefficient (Wildman–Crippen LogP) is 1.35. The number of anilines is 1. The van der Waals surface area contributed by atoms with Gasteiger partial charge in [-0.1, -0.05) is 0 Å². The molecule has 1 aromatic rings. The van der Waals surface area contributed by atoms with Crippen LogP contribution in [0.3, 0.4) is 0 Å². The van der Waals surface area contributed by atoms with Gasteiger partial charge in [0.25, 0.3) is 5.91 Å². The molecular formula is C11H12FNO3. The second kappa shape index (κ2) is 4.40. The first kappa shape index (κ1) is 12.3. The number of rotatable bonds is 3. The Hall–Kier alpha value is -1.75. The van der Waals surface area contributed by atoms with Gasteiger partial charge in [0.2, 0.25) is 0 Å². The van der Waals surface area contributed by atoms with Crippen molar-refractivity contribution in [3.05, 3.63) is 29.6 Å². The van der Waals surface area contributed by atoms with Gasteiger partial charge in [-0.05, 0) is 32.0 Å². The molecule has 5 heteroatoms. The van der Waals surface area contributed by atoms with Crippen LogP contribution in [-0.4, -0.2) is 22.9 Å². The maximum absolute atomic E-state index is 13.2. The number of amides is 1. The lowest BCUT2D eigenvalue weighted by atomic mass is 10.1. The first-order valence-corrected chi connectivity index (χ1v) is 4.63. The lowest BCUT2D eigenvalue weighted by Crippen LogP contribution is -2.36. The van der Waals surface area contributed by atoms with E-state index in [2.05, 4.69) is 5.32 Å². The van der Waals surface area contributed by atoms with Gasteiger partial charge in [-0.3, -0.25) is 9.59 Å². The molecule has 0 aromatic heterocycles. The summed E-state index contributed by atoms with van der Waals surface area (Å²) in [7, 11) is 0. The molecule has 1 rings (SSSR count). The molecule has 0 saturated heterocycles. The average Bonchev–Trinajstić information content (AvgIpc) is 2.19. The lowest BCUT2D eigenvalue weighted by molar-refractivity contribution is -0.130. The fraction of sp³-hybridized carbons (Fsp3) is 0.273. The van der Waals surface area contributed by atoms with Crippen LogP contribution in [0.25, 0.3) is 0 Å². The molecule has 0 saturated carbocycles. The molecule has 0 unspecified atom stereocenters. The number of nitrogens with one attached hydrogen (secondary N) is 1. The van der Waals surface area contributed by atoms with Gasteiger partial charge in [0.05, 0.1) is 5.69 Å². The summed E-state index contributed by atoms with van der Waals surface area (Å²) in [5.74, 6) is -1.40. The fourth-order valence-electron chi connectivity index (χ4n) is 0.987. The molecule has 2 N–H and O–H groups in total. The second-order valence-electron chi connectivity index (χ2n) is 3.87. The first-order valence-electron chi connectivity index (χ1n) is 4.63.